The van der Waals surface area contributed by atoms with Gasteiger partial charge in [-0.15, -0.1) is 0 Å². The topological polar surface area (TPSA) is 26.0 Å². The lowest BCUT2D eigenvalue weighted by Crippen LogP contribution is -2.34. The molecule has 19 heavy (non-hydrogen) atoms. The van der Waals surface area contributed by atoms with Gasteiger partial charge in [0.25, 0.3) is 0 Å². The van der Waals surface area contributed by atoms with Crippen molar-refractivity contribution in [1.29, 1.82) is 0 Å². The maximum Gasteiger partial charge on any atom is 0.0188 e. The zero-order chi connectivity index (χ0) is 13.7. The van der Waals surface area contributed by atoms with Gasteiger partial charge in [-0.3, -0.25) is 0 Å². The minimum absolute atomic E-state index is 0.0886. The van der Waals surface area contributed by atoms with Crippen molar-refractivity contribution >= 4 is 11.8 Å². The first-order valence-corrected chi connectivity index (χ1v) is 7.71. The molecule has 1 nitrogen and oxygen atoms in total. The van der Waals surface area contributed by atoms with Crippen molar-refractivity contribution in [2.24, 2.45) is 5.73 Å². The molecule has 2 heteroatoms. The molecule has 2 aromatic rings. The van der Waals surface area contributed by atoms with E-state index >= 15 is 0 Å². The van der Waals surface area contributed by atoms with Gasteiger partial charge in [-0.1, -0.05) is 54.6 Å². The summed E-state index contributed by atoms with van der Waals surface area (Å²) in [7, 11) is 0. The smallest absolute Gasteiger partial charge is 0.0188 e. The summed E-state index contributed by atoms with van der Waals surface area (Å²) in [5, 5.41) is 0. The van der Waals surface area contributed by atoms with Crippen LogP contribution in [0.25, 0.3) is 11.1 Å². The van der Waals surface area contributed by atoms with E-state index in [4.69, 9.17) is 5.73 Å². The first-order chi connectivity index (χ1) is 9.04. The fraction of sp³-hybridized carbons (Fsp3) is 0.294. The van der Waals surface area contributed by atoms with Gasteiger partial charge >= 0.3 is 0 Å². The Kier molecular flexibility index (Phi) is 4.67. The second-order valence-electron chi connectivity index (χ2n) is 5.54. The van der Waals surface area contributed by atoms with E-state index < -0.39 is 0 Å². The molecule has 2 rings (SSSR count). The third-order valence-corrected chi connectivity index (χ3v) is 4.29. The summed E-state index contributed by atoms with van der Waals surface area (Å²) < 4.78 is 0. The van der Waals surface area contributed by atoms with Gasteiger partial charge in [0.1, 0.15) is 0 Å². The van der Waals surface area contributed by atoms with E-state index in [2.05, 4.69) is 62.4 Å². The fourth-order valence-electron chi connectivity index (χ4n) is 1.86. The molecule has 100 valence electrons. The Balaban J connectivity index is 1.96. The molecular formula is C17H21NS. The SMILES string of the molecule is CC(C)(N)CSCc1ccc(-c2ccccc2)cc1. The summed E-state index contributed by atoms with van der Waals surface area (Å²) in [6, 6.07) is 19.3. The summed E-state index contributed by atoms with van der Waals surface area (Å²) in [5.41, 5.74) is 9.79. The quantitative estimate of drug-likeness (QED) is 0.876. The van der Waals surface area contributed by atoms with Gasteiger partial charge in [-0.2, -0.15) is 11.8 Å². The zero-order valence-electron chi connectivity index (χ0n) is 11.6. The van der Waals surface area contributed by atoms with Gasteiger partial charge in [0.2, 0.25) is 0 Å². The molecule has 0 aliphatic rings. The van der Waals surface area contributed by atoms with E-state index in [1.807, 2.05) is 17.8 Å². The van der Waals surface area contributed by atoms with E-state index in [0.717, 1.165) is 11.5 Å². The standard InChI is InChI=1S/C17H21NS/c1-17(2,18)13-19-12-14-8-10-16(11-9-14)15-6-4-3-5-7-15/h3-11H,12-13,18H2,1-2H3. The Bertz CT molecular complexity index is 497. The van der Waals surface area contributed by atoms with E-state index in [9.17, 15) is 0 Å². The molecule has 0 aliphatic heterocycles. The number of hydrogen-bond acceptors (Lipinski definition) is 2. The number of thioether (sulfide) groups is 1. The largest absolute Gasteiger partial charge is 0.325 e. The molecule has 2 aromatic carbocycles. The van der Waals surface area contributed by atoms with Crippen molar-refractivity contribution in [2.45, 2.75) is 25.1 Å². The van der Waals surface area contributed by atoms with Crippen molar-refractivity contribution < 1.29 is 0 Å². The number of nitrogens with two attached hydrogens (primary N) is 1. The van der Waals surface area contributed by atoms with Crippen LogP contribution < -0.4 is 5.73 Å². The summed E-state index contributed by atoms with van der Waals surface area (Å²) in [4.78, 5) is 0. The van der Waals surface area contributed by atoms with Gasteiger partial charge in [0.15, 0.2) is 0 Å². The normalized spacial score (nSPS) is 11.5. The fourth-order valence-corrected chi connectivity index (χ4v) is 2.91. The van der Waals surface area contributed by atoms with Crippen LogP contribution in [0.3, 0.4) is 0 Å². The summed E-state index contributed by atoms with van der Waals surface area (Å²) in [5.74, 6) is 2.00. The van der Waals surface area contributed by atoms with Crippen LogP contribution in [0.15, 0.2) is 54.6 Å². The molecule has 0 amide bonds. The highest BCUT2D eigenvalue weighted by Gasteiger charge is 2.09. The van der Waals surface area contributed by atoms with Crippen molar-refractivity contribution in [3.8, 4) is 11.1 Å². The molecule has 2 N–H and O–H groups in total. The van der Waals surface area contributed by atoms with Crippen LogP contribution in [0, 0.1) is 0 Å². The Morgan fingerprint density at radius 1 is 0.895 bits per heavy atom. The van der Waals surface area contributed by atoms with Crippen LogP contribution >= 0.6 is 11.8 Å². The number of rotatable bonds is 5. The lowest BCUT2D eigenvalue weighted by Gasteiger charge is -2.17. The molecular weight excluding hydrogens is 250 g/mol. The molecule has 0 atom stereocenters. The minimum Gasteiger partial charge on any atom is -0.325 e. The second kappa shape index (κ2) is 6.27. The number of benzene rings is 2. The molecule has 0 aliphatic carbocycles. The molecule has 0 bridgehead atoms. The van der Waals surface area contributed by atoms with Crippen molar-refractivity contribution in [3.63, 3.8) is 0 Å². The third kappa shape index (κ3) is 4.73. The Hall–Kier alpha value is -1.25. The van der Waals surface area contributed by atoms with Crippen LogP contribution in [0.2, 0.25) is 0 Å². The van der Waals surface area contributed by atoms with Crippen molar-refractivity contribution in [2.75, 3.05) is 5.75 Å². The predicted octanol–water partition coefficient (Wildman–Crippen LogP) is 4.32. The zero-order valence-corrected chi connectivity index (χ0v) is 12.4. The highest BCUT2D eigenvalue weighted by Crippen LogP contribution is 2.22. The lowest BCUT2D eigenvalue weighted by molar-refractivity contribution is 0.591. The lowest BCUT2D eigenvalue weighted by atomic mass is 10.0. The summed E-state index contributed by atoms with van der Waals surface area (Å²) in [6.07, 6.45) is 0. The van der Waals surface area contributed by atoms with E-state index in [0.29, 0.717) is 0 Å². The first-order valence-electron chi connectivity index (χ1n) is 6.56. The maximum absolute atomic E-state index is 5.98. The average molecular weight is 271 g/mol. The Morgan fingerprint density at radius 2 is 1.47 bits per heavy atom. The molecule has 0 saturated carbocycles. The van der Waals surface area contributed by atoms with E-state index in [1.54, 1.807) is 0 Å². The van der Waals surface area contributed by atoms with Gasteiger partial charge in [0, 0.05) is 17.0 Å². The van der Waals surface area contributed by atoms with Gasteiger partial charge in [-0.25, -0.2) is 0 Å². The molecule has 0 heterocycles. The van der Waals surface area contributed by atoms with E-state index in [-0.39, 0.29) is 5.54 Å². The van der Waals surface area contributed by atoms with Crippen LogP contribution in [-0.2, 0) is 5.75 Å². The second-order valence-corrected chi connectivity index (χ2v) is 6.53. The molecule has 0 unspecified atom stereocenters. The van der Waals surface area contributed by atoms with Crippen LogP contribution in [0.5, 0.6) is 0 Å². The monoisotopic (exact) mass is 271 g/mol. The molecule has 0 spiro atoms. The highest BCUT2D eigenvalue weighted by molar-refractivity contribution is 7.98. The summed E-state index contributed by atoms with van der Waals surface area (Å²) >= 11 is 1.89. The Labute approximate surface area is 120 Å². The van der Waals surface area contributed by atoms with Crippen LogP contribution in [0.1, 0.15) is 19.4 Å². The first kappa shape index (κ1) is 14.2. The third-order valence-electron chi connectivity index (χ3n) is 2.80. The number of hydrogen-bond donors (Lipinski definition) is 1. The average Bonchev–Trinajstić information content (AvgIpc) is 2.39. The summed E-state index contributed by atoms with van der Waals surface area (Å²) in [6.45, 7) is 4.14. The van der Waals surface area contributed by atoms with Crippen LogP contribution in [0.4, 0.5) is 0 Å². The molecule has 0 aromatic heterocycles. The van der Waals surface area contributed by atoms with Gasteiger partial charge in [0.05, 0.1) is 0 Å². The minimum atomic E-state index is -0.0886. The predicted molar refractivity (Wildman–Crippen MR) is 86.3 cm³/mol. The van der Waals surface area contributed by atoms with Crippen LogP contribution in [-0.4, -0.2) is 11.3 Å². The maximum atomic E-state index is 5.98. The van der Waals surface area contributed by atoms with Crippen molar-refractivity contribution in [3.05, 3.63) is 60.2 Å². The van der Waals surface area contributed by atoms with E-state index in [1.165, 1.54) is 16.7 Å². The Morgan fingerprint density at radius 3 is 2.05 bits per heavy atom. The van der Waals surface area contributed by atoms with Gasteiger partial charge in [-0.05, 0) is 30.5 Å². The highest BCUT2D eigenvalue weighted by atomic mass is 32.2. The molecule has 0 saturated heterocycles. The van der Waals surface area contributed by atoms with Crippen molar-refractivity contribution in [1.82, 2.24) is 0 Å². The molecule has 0 fully saturated rings. The van der Waals surface area contributed by atoms with Gasteiger partial charge < -0.3 is 5.73 Å². The molecule has 0 radical (unpaired) electrons.